The molecule has 7 nitrogen and oxygen atoms in total. The highest BCUT2D eigenvalue weighted by molar-refractivity contribution is 7.12. The zero-order valence-electron chi connectivity index (χ0n) is 16.8. The second-order valence-electron chi connectivity index (χ2n) is 7.59. The number of aryl methyl sites for hydroxylation is 1. The summed E-state index contributed by atoms with van der Waals surface area (Å²) in [6.07, 6.45) is 4.75. The molecule has 2 N–H and O–H groups in total. The fraction of sp³-hybridized carbons (Fsp3) is 0.364. The van der Waals surface area contributed by atoms with Gasteiger partial charge in [0.25, 0.3) is 11.8 Å². The lowest BCUT2D eigenvalue weighted by Gasteiger charge is -2.35. The monoisotopic (exact) mass is 424 g/mol. The first-order chi connectivity index (χ1) is 14.6. The van der Waals surface area contributed by atoms with Gasteiger partial charge in [0.05, 0.1) is 4.88 Å². The van der Waals surface area contributed by atoms with Crippen LogP contribution in [-0.4, -0.2) is 22.0 Å². The number of rotatable bonds is 6. The highest BCUT2D eigenvalue weighted by atomic mass is 32.1. The van der Waals surface area contributed by atoms with E-state index in [1.165, 1.54) is 11.3 Å². The molecule has 0 saturated heterocycles. The Bertz CT molecular complexity index is 1010. The van der Waals surface area contributed by atoms with E-state index in [1.54, 1.807) is 25.1 Å². The minimum absolute atomic E-state index is 0.0959. The molecule has 2 amide bonds. The average Bonchev–Trinajstić information content (AvgIpc) is 3.45. The van der Waals surface area contributed by atoms with Crippen molar-refractivity contribution in [1.82, 2.24) is 20.8 Å². The molecule has 8 heteroatoms. The number of amides is 2. The zero-order valence-corrected chi connectivity index (χ0v) is 17.6. The summed E-state index contributed by atoms with van der Waals surface area (Å²) in [6.45, 7) is 2.16. The van der Waals surface area contributed by atoms with Crippen LogP contribution in [0.3, 0.4) is 0 Å². The van der Waals surface area contributed by atoms with Gasteiger partial charge >= 0.3 is 0 Å². The lowest BCUT2D eigenvalue weighted by atomic mass is 9.80. The summed E-state index contributed by atoms with van der Waals surface area (Å²) >= 11 is 1.41. The Balaban J connectivity index is 1.42. The van der Waals surface area contributed by atoms with Crippen molar-refractivity contribution in [3.63, 3.8) is 0 Å². The highest BCUT2D eigenvalue weighted by Crippen LogP contribution is 2.36. The summed E-state index contributed by atoms with van der Waals surface area (Å²) < 4.78 is 5.17. The Hall–Kier alpha value is -3.00. The minimum Gasteiger partial charge on any atom is -0.347 e. The molecular weight excluding hydrogens is 400 g/mol. The van der Waals surface area contributed by atoms with Crippen molar-refractivity contribution in [1.29, 1.82) is 0 Å². The first kappa shape index (κ1) is 20.3. The summed E-state index contributed by atoms with van der Waals surface area (Å²) in [5.74, 6) is 0.800. The number of nitrogens with zero attached hydrogens (tertiary/aromatic N) is 2. The predicted octanol–water partition coefficient (Wildman–Crippen LogP) is 3.96. The van der Waals surface area contributed by atoms with E-state index in [0.717, 1.165) is 37.7 Å². The molecule has 1 aliphatic rings. The molecule has 4 rings (SSSR count). The average molecular weight is 425 g/mol. The van der Waals surface area contributed by atoms with E-state index in [1.807, 2.05) is 23.6 Å². The fourth-order valence-electron chi connectivity index (χ4n) is 3.79. The van der Waals surface area contributed by atoms with Crippen LogP contribution < -0.4 is 10.6 Å². The molecule has 1 aliphatic carbocycles. The van der Waals surface area contributed by atoms with Crippen LogP contribution in [0.15, 0.2) is 46.3 Å². The van der Waals surface area contributed by atoms with E-state index in [4.69, 9.17) is 4.52 Å². The van der Waals surface area contributed by atoms with Gasteiger partial charge in [-0.2, -0.15) is 4.98 Å². The van der Waals surface area contributed by atoms with Crippen LogP contribution in [-0.2, 0) is 12.1 Å². The number of benzene rings is 1. The topological polar surface area (TPSA) is 97.1 Å². The second-order valence-corrected chi connectivity index (χ2v) is 8.54. The number of hydrogen-bond acceptors (Lipinski definition) is 6. The van der Waals surface area contributed by atoms with Crippen LogP contribution in [0.2, 0.25) is 0 Å². The number of thiophene rings is 1. The molecular formula is C22H24N4O3S. The van der Waals surface area contributed by atoms with Gasteiger partial charge < -0.3 is 15.2 Å². The molecule has 30 heavy (non-hydrogen) atoms. The number of aromatic nitrogens is 2. The Morgan fingerprint density at radius 3 is 2.50 bits per heavy atom. The Morgan fingerprint density at radius 2 is 1.87 bits per heavy atom. The van der Waals surface area contributed by atoms with Gasteiger partial charge in [-0.25, -0.2) is 0 Å². The fourth-order valence-corrected chi connectivity index (χ4v) is 4.43. The molecule has 3 aromatic rings. The van der Waals surface area contributed by atoms with Crippen molar-refractivity contribution in [2.24, 2.45) is 0 Å². The van der Waals surface area contributed by atoms with Gasteiger partial charge in [-0.15, -0.1) is 11.3 Å². The number of nitrogens with one attached hydrogen (secondary N) is 2. The molecule has 156 valence electrons. The van der Waals surface area contributed by atoms with Crippen molar-refractivity contribution in [3.05, 3.63) is 69.5 Å². The van der Waals surface area contributed by atoms with Gasteiger partial charge in [0, 0.05) is 19.0 Å². The number of carbonyl (C=O) groups is 2. The van der Waals surface area contributed by atoms with Crippen molar-refractivity contribution >= 4 is 23.2 Å². The normalized spacial score (nSPS) is 15.5. The van der Waals surface area contributed by atoms with Crippen LogP contribution in [0.4, 0.5) is 0 Å². The summed E-state index contributed by atoms with van der Waals surface area (Å²) in [6, 6.07) is 10.9. The Labute approximate surface area is 178 Å². The number of hydrogen-bond donors (Lipinski definition) is 2. The molecule has 0 radical (unpaired) electrons. The van der Waals surface area contributed by atoms with Crippen molar-refractivity contribution in [2.75, 3.05) is 0 Å². The van der Waals surface area contributed by atoms with Gasteiger partial charge in [-0.05, 0) is 42.0 Å². The Kier molecular flexibility index (Phi) is 5.94. The first-order valence-electron chi connectivity index (χ1n) is 10.1. The lowest BCUT2D eigenvalue weighted by Crippen LogP contribution is -2.48. The largest absolute Gasteiger partial charge is 0.347 e. The summed E-state index contributed by atoms with van der Waals surface area (Å²) in [5, 5.41) is 12.0. The van der Waals surface area contributed by atoms with Crippen LogP contribution in [0.5, 0.6) is 0 Å². The second kappa shape index (κ2) is 8.79. The Morgan fingerprint density at radius 1 is 1.10 bits per heavy atom. The van der Waals surface area contributed by atoms with E-state index in [0.29, 0.717) is 28.7 Å². The van der Waals surface area contributed by atoms with Crippen molar-refractivity contribution in [3.8, 4) is 0 Å². The summed E-state index contributed by atoms with van der Waals surface area (Å²) in [5.41, 5.74) is 0.909. The zero-order chi connectivity index (χ0) is 21.0. The standard InChI is InChI=1S/C22H24N4O3S/c1-15-24-21(26-29-15)22(11-3-2-4-12-22)25-19(27)17-9-7-16(8-10-17)14-23-20(28)18-6-5-13-30-18/h5-10,13H,2-4,11-12,14H2,1H3,(H,23,28)(H,25,27). The maximum Gasteiger partial charge on any atom is 0.261 e. The minimum atomic E-state index is -0.583. The molecule has 0 bridgehead atoms. The predicted molar refractivity (Wildman–Crippen MR) is 113 cm³/mol. The lowest BCUT2D eigenvalue weighted by molar-refractivity contribution is 0.0854. The highest BCUT2D eigenvalue weighted by Gasteiger charge is 2.39. The molecule has 2 aromatic heterocycles. The van der Waals surface area contributed by atoms with Crippen LogP contribution in [0.1, 0.15) is 69.4 Å². The van der Waals surface area contributed by atoms with Crippen LogP contribution in [0.25, 0.3) is 0 Å². The van der Waals surface area contributed by atoms with E-state index < -0.39 is 5.54 Å². The molecule has 0 atom stereocenters. The smallest absolute Gasteiger partial charge is 0.261 e. The third-order valence-electron chi connectivity index (χ3n) is 5.43. The third kappa shape index (κ3) is 4.43. The van der Waals surface area contributed by atoms with Gasteiger partial charge in [0.1, 0.15) is 5.54 Å². The first-order valence-corrected chi connectivity index (χ1v) is 11.0. The molecule has 2 heterocycles. The molecule has 0 unspecified atom stereocenters. The van der Waals surface area contributed by atoms with Gasteiger partial charge in [0.15, 0.2) is 5.82 Å². The van der Waals surface area contributed by atoms with Crippen molar-refractivity contribution < 1.29 is 14.1 Å². The maximum absolute atomic E-state index is 13.0. The van der Waals surface area contributed by atoms with Crippen LogP contribution >= 0.6 is 11.3 Å². The van der Waals surface area contributed by atoms with E-state index in [-0.39, 0.29) is 11.8 Å². The molecule has 0 aliphatic heterocycles. The molecule has 0 spiro atoms. The van der Waals surface area contributed by atoms with Gasteiger partial charge in [-0.3, -0.25) is 9.59 Å². The summed E-state index contributed by atoms with van der Waals surface area (Å²) in [7, 11) is 0. The van der Waals surface area contributed by atoms with E-state index in [2.05, 4.69) is 20.8 Å². The maximum atomic E-state index is 13.0. The van der Waals surface area contributed by atoms with Crippen molar-refractivity contribution in [2.45, 2.75) is 51.1 Å². The molecule has 1 aromatic carbocycles. The SMILES string of the molecule is Cc1nc(C2(NC(=O)c3ccc(CNC(=O)c4cccs4)cc3)CCCCC2)no1. The molecule has 1 saturated carbocycles. The number of carbonyl (C=O) groups excluding carboxylic acids is 2. The van der Waals surface area contributed by atoms with Gasteiger partial charge in [0.2, 0.25) is 5.89 Å². The van der Waals surface area contributed by atoms with Crippen LogP contribution in [0, 0.1) is 6.92 Å². The summed E-state index contributed by atoms with van der Waals surface area (Å²) in [4.78, 5) is 30.1. The van der Waals surface area contributed by atoms with E-state index in [9.17, 15) is 9.59 Å². The quantitative estimate of drug-likeness (QED) is 0.624. The molecule has 1 fully saturated rings. The van der Waals surface area contributed by atoms with E-state index >= 15 is 0 Å². The van der Waals surface area contributed by atoms with Gasteiger partial charge in [-0.1, -0.05) is 42.6 Å². The third-order valence-corrected chi connectivity index (χ3v) is 6.30.